The normalized spacial score (nSPS) is 14.3. The number of carboxylic acid groups (broad SMARTS) is 1. The Balaban J connectivity index is 2.87. The van der Waals surface area contributed by atoms with Crippen LogP contribution in [0, 0.1) is 5.92 Å². The molecule has 4 unspecified atom stereocenters. The molecule has 196 valence electrons. The van der Waals surface area contributed by atoms with Gasteiger partial charge in [0.25, 0.3) is 0 Å². The number of imidazole rings is 1. The predicted molar refractivity (Wildman–Crippen MR) is 126 cm³/mol. The van der Waals surface area contributed by atoms with Crippen molar-refractivity contribution in [2.45, 2.75) is 57.3 Å². The highest BCUT2D eigenvalue weighted by atomic mass is 16.4. The molecule has 0 fully saturated rings. The number of H-pyrrole nitrogens is 1. The molecule has 0 spiro atoms. The molecule has 0 bridgehead atoms. The van der Waals surface area contributed by atoms with E-state index >= 15 is 0 Å². The van der Waals surface area contributed by atoms with Crippen LogP contribution in [-0.2, 0) is 25.6 Å². The van der Waals surface area contributed by atoms with E-state index in [1.165, 1.54) is 12.5 Å². The lowest BCUT2D eigenvalue weighted by Crippen LogP contribution is -2.59. The van der Waals surface area contributed by atoms with E-state index in [4.69, 9.17) is 17.2 Å². The summed E-state index contributed by atoms with van der Waals surface area (Å²) in [5, 5.41) is 26.2. The van der Waals surface area contributed by atoms with Crippen LogP contribution in [0.2, 0.25) is 0 Å². The summed E-state index contributed by atoms with van der Waals surface area (Å²) in [5.74, 6) is -3.91. The maximum absolute atomic E-state index is 12.9. The van der Waals surface area contributed by atoms with Crippen molar-refractivity contribution < 1.29 is 29.4 Å². The quantitative estimate of drug-likeness (QED) is 0.0656. The molecule has 1 aromatic heterocycles. The maximum atomic E-state index is 12.9. The van der Waals surface area contributed by atoms with Crippen molar-refractivity contribution in [3.63, 3.8) is 0 Å². The van der Waals surface area contributed by atoms with Crippen molar-refractivity contribution in [3.05, 3.63) is 18.2 Å². The molecule has 15 nitrogen and oxygen atoms in total. The maximum Gasteiger partial charge on any atom is 0.326 e. The zero-order valence-corrected chi connectivity index (χ0v) is 19.7. The second-order valence-electron chi connectivity index (χ2n) is 8.20. The molecule has 0 saturated heterocycles. The zero-order chi connectivity index (χ0) is 26.5. The molecule has 35 heavy (non-hydrogen) atoms. The van der Waals surface area contributed by atoms with Crippen molar-refractivity contribution in [3.8, 4) is 0 Å². The Kier molecular flexibility index (Phi) is 12.2. The first-order valence-corrected chi connectivity index (χ1v) is 11.0. The molecule has 0 aliphatic rings. The van der Waals surface area contributed by atoms with Crippen LogP contribution < -0.4 is 33.2 Å². The van der Waals surface area contributed by atoms with Crippen molar-refractivity contribution in [2.75, 3.05) is 13.2 Å². The lowest BCUT2D eigenvalue weighted by atomic mass is 10.0. The number of nitrogens with zero attached hydrogens (tertiary/aromatic N) is 2. The number of rotatable bonds is 15. The summed E-state index contributed by atoms with van der Waals surface area (Å²) >= 11 is 0. The van der Waals surface area contributed by atoms with Gasteiger partial charge in [-0.1, -0.05) is 13.8 Å². The molecule has 0 aliphatic heterocycles. The van der Waals surface area contributed by atoms with Gasteiger partial charge in [-0.05, 0) is 18.8 Å². The van der Waals surface area contributed by atoms with Crippen molar-refractivity contribution in [2.24, 2.45) is 28.1 Å². The average molecular weight is 498 g/mol. The van der Waals surface area contributed by atoms with Crippen LogP contribution in [0.5, 0.6) is 0 Å². The third kappa shape index (κ3) is 10.4. The molecule has 1 heterocycles. The summed E-state index contributed by atoms with van der Waals surface area (Å²) in [6, 6.07) is -4.79. The second-order valence-corrected chi connectivity index (χ2v) is 8.20. The molecule has 3 amide bonds. The molecule has 0 aliphatic carbocycles. The largest absolute Gasteiger partial charge is 0.480 e. The second kappa shape index (κ2) is 14.5. The Labute approximate surface area is 202 Å². The minimum atomic E-state index is -1.47. The van der Waals surface area contributed by atoms with Gasteiger partial charge in [0.1, 0.15) is 18.1 Å². The fourth-order valence-electron chi connectivity index (χ4n) is 2.90. The number of aliphatic hydroxyl groups excluding tert-OH is 1. The molecule has 0 saturated carbocycles. The number of aliphatic imine (C=N–C) groups is 1. The Hall–Kier alpha value is -3.72. The van der Waals surface area contributed by atoms with Gasteiger partial charge in [0.2, 0.25) is 17.7 Å². The van der Waals surface area contributed by atoms with Gasteiger partial charge in [0.05, 0.1) is 19.0 Å². The SMILES string of the molecule is CC(C)C(N)C(=O)NC(Cc1cnc[nH]1)C(=O)NC(CO)C(=O)NC(CCCN=C(N)N)C(=O)O. The molecular weight excluding hydrogens is 462 g/mol. The number of nitrogens with one attached hydrogen (secondary N) is 4. The number of carboxylic acids is 1. The summed E-state index contributed by atoms with van der Waals surface area (Å²) in [5.41, 5.74) is 16.8. The number of aliphatic carboxylic acids is 1. The van der Waals surface area contributed by atoms with Gasteiger partial charge in [-0.3, -0.25) is 19.4 Å². The van der Waals surface area contributed by atoms with Crippen LogP contribution in [0.15, 0.2) is 17.5 Å². The van der Waals surface area contributed by atoms with Gasteiger partial charge in [0, 0.05) is 24.9 Å². The summed E-state index contributed by atoms with van der Waals surface area (Å²) in [6.45, 7) is 2.84. The minimum absolute atomic E-state index is 0.00466. The third-order valence-electron chi connectivity index (χ3n) is 5.01. The smallest absolute Gasteiger partial charge is 0.326 e. The van der Waals surface area contributed by atoms with E-state index in [1.807, 2.05) is 0 Å². The molecule has 15 heteroatoms. The molecule has 12 N–H and O–H groups in total. The summed E-state index contributed by atoms with van der Waals surface area (Å²) in [4.78, 5) is 59.9. The number of aliphatic hydroxyl groups is 1. The van der Waals surface area contributed by atoms with Crippen LogP contribution in [0.3, 0.4) is 0 Å². The summed E-state index contributed by atoms with van der Waals surface area (Å²) < 4.78 is 0. The molecule has 0 radical (unpaired) electrons. The lowest BCUT2D eigenvalue weighted by molar-refractivity contribution is -0.142. The highest BCUT2D eigenvalue weighted by Gasteiger charge is 2.30. The number of aromatic nitrogens is 2. The molecule has 1 aromatic rings. The Morgan fingerprint density at radius 1 is 1.06 bits per heavy atom. The van der Waals surface area contributed by atoms with E-state index in [0.717, 1.165) is 0 Å². The van der Waals surface area contributed by atoms with Crippen LogP contribution in [0.1, 0.15) is 32.4 Å². The van der Waals surface area contributed by atoms with E-state index in [-0.39, 0.29) is 37.7 Å². The van der Waals surface area contributed by atoms with E-state index in [1.54, 1.807) is 13.8 Å². The summed E-state index contributed by atoms with van der Waals surface area (Å²) in [6.07, 6.45) is 3.14. The van der Waals surface area contributed by atoms with Gasteiger partial charge in [-0.25, -0.2) is 9.78 Å². The third-order valence-corrected chi connectivity index (χ3v) is 5.01. The number of nitrogens with two attached hydrogens (primary N) is 3. The van der Waals surface area contributed by atoms with Gasteiger partial charge in [-0.15, -0.1) is 0 Å². The average Bonchev–Trinajstić information content (AvgIpc) is 3.30. The predicted octanol–water partition coefficient (Wildman–Crippen LogP) is -3.48. The zero-order valence-electron chi connectivity index (χ0n) is 19.7. The standard InChI is InChI=1S/C20H35N9O6/c1-10(2)15(21)18(33)28-13(6-11-7-24-9-26-11)16(31)29-14(8-30)17(32)27-12(19(34)35)4-3-5-25-20(22)23/h7,9-10,12-15,30H,3-6,8,21H2,1-2H3,(H,24,26)(H,27,32)(H,28,33)(H,29,31)(H,34,35)(H4,22,23,25). The van der Waals surface area contributed by atoms with E-state index in [9.17, 15) is 29.4 Å². The van der Waals surface area contributed by atoms with Crippen LogP contribution in [0.25, 0.3) is 0 Å². The number of hydrogen-bond acceptors (Lipinski definition) is 8. The molecule has 1 rings (SSSR count). The van der Waals surface area contributed by atoms with Gasteiger partial charge in [-0.2, -0.15) is 0 Å². The van der Waals surface area contributed by atoms with E-state index in [0.29, 0.717) is 5.69 Å². The Bertz CT molecular complexity index is 870. The number of amides is 3. The van der Waals surface area contributed by atoms with Gasteiger partial charge < -0.3 is 48.3 Å². The lowest BCUT2D eigenvalue weighted by Gasteiger charge is -2.24. The molecular formula is C20H35N9O6. The topological polar surface area (TPSA) is 264 Å². The van der Waals surface area contributed by atoms with Crippen molar-refractivity contribution in [1.29, 1.82) is 0 Å². The van der Waals surface area contributed by atoms with Crippen molar-refractivity contribution >= 4 is 29.7 Å². The van der Waals surface area contributed by atoms with Crippen molar-refractivity contribution in [1.82, 2.24) is 25.9 Å². The first-order chi connectivity index (χ1) is 16.5. The highest BCUT2D eigenvalue weighted by molar-refractivity contribution is 5.94. The Morgan fingerprint density at radius 3 is 2.17 bits per heavy atom. The van der Waals surface area contributed by atoms with E-state index in [2.05, 4.69) is 30.9 Å². The van der Waals surface area contributed by atoms with E-state index < -0.39 is 54.5 Å². The number of guanidine groups is 1. The fourth-order valence-corrected chi connectivity index (χ4v) is 2.90. The minimum Gasteiger partial charge on any atom is -0.480 e. The van der Waals surface area contributed by atoms with Gasteiger partial charge >= 0.3 is 5.97 Å². The van der Waals surface area contributed by atoms with Crippen LogP contribution in [0.4, 0.5) is 0 Å². The van der Waals surface area contributed by atoms with Gasteiger partial charge in [0.15, 0.2) is 5.96 Å². The first-order valence-electron chi connectivity index (χ1n) is 11.0. The summed E-state index contributed by atoms with van der Waals surface area (Å²) in [7, 11) is 0. The Morgan fingerprint density at radius 2 is 1.66 bits per heavy atom. The number of aromatic amines is 1. The monoisotopic (exact) mass is 497 g/mol. The van der Waals surface area contributed by atoms with Crippen LogP contribution >= 0.6 is 0 Å². The van der Waals surface area contributed by atoms with Crippen LogP contribution in [-0.4, -0.2) is 87.2 Å². The molecule has 0 aromatic carbocycles. The molecule has 4 atom stereocenters. The fraction of sp³-hybridized carbons (Fsp3) is 0.600. The number of carbonyl (C=O) groups is 4. The number of carbonyl (C=O) groups excluding carboxylic acids is 3. The number of hydrogen-bond donors (Lipinski definition) is 9. The first kappa shape index (κ1) is 29.3. The highest BCUT2D eigenvalue weighted by Crippen LogP contribution is 2.04.